The van der Waals surface area contributed by atoms with E-state index in [-0.39, 0.29) is 12.0 Å². The van der Waals surface area contributed by atoms with Gasteiger partial charge in [-0.1, -0.05) is 6.07 Å². The topological polar surface area (TPSA) is 42.4 Å². The molecular weight excluding hydrogens is 216 g/mol. The minimum absolute atomic E-state index is 0.165. The van der Waals surface area contributed by atoms with E-state index in [9.17, 15) is 4.79 Å². The highest BCUT2D eigenvalue weighted by molar-refractivity contribution is 5.69. The smallest absolute Gasteiger partial charge is 0.307 e. The summed E-state index contributed by atoms with van der Waals surface area (Å²) in [6.45, 7) is 2.91. The van der Waals surface area contributed by atoms with Gasteiger partial charge < -0.3 is 9.64 Å². The van der Waals surface area contributed by atoms with Crippen molar-refractivity contribution in [3.05, 3.63) is 30.1 Å². The first-order valence-electron chi connectivity index (χ1n) is 5.80. The molecule has 0 aromatic carbocycles. The zero-order valence-corrected chi connectivity index (χ0v) is 10.7. The fourth-order valence-corrected chi connectivity index (χ4v) is 1.54. The van der Waals surface area contributed by atoms with Gasteiger partial charge in [0.25, 0.3) is 0 Å². The number of pyridine rings is 1. The number of nitrogens with zero attached hydrogens (tertiary/aromatic N) is 2. The highest BCUT2D eigenvalue weighted by Gasteiger charge is 2.13. The first-order chi connectivity index (χ1) is 8.13. The number of likely N-dealkylation sites (N-methyl/N-ethyl adjacent to an activating group) is 1. The van der Waals surface area contributed by atoms with E-state index in [1.807, 2.05) is 32.2 Å². The van der Waals surface area contributed by atoms with Gasteiger partial charge in [0.05, 0.1) is 13.5 Å². The van der Waals surface area contributed by atoms with Gasteiger partial charge in [-0.3, -0.25) is 9.78 Å². The molecule has 1 unspecified atom stereocenters. The SMILES string of the molecule is COC(=O)CC(C)N(C)CCc1ccccn1. The number of methoxy groups -OCH3 is 1. The summed E-state index contributed by atoms with van der Waals surface area (Å²) in [5.74, 6) is -0.165. The molecule has 1 rings (SSSR count). The molecule has 0 aliphatic heterocycles. The van der Waals surface area contributed by atoms with E-state index in [4.69, 9.17) is 0 Å². The molecule has 0 radical (unpaired) electrons. The van der Waals surface area contributed by atoms with Crippen molar-refractivity contribution in [1.82, 2.24) is 9.88 Å². The Hall–Kier alpha value is -1.42. The van der Waals surface area contributed by atoms with Crippen molar-refractivity contribution in [1.29, 1.82) is 0 Å². The molecule has 0 N–H and O–H groups in total. The number of hydrogen-bond acceptors (Lipinski definition) is 4. The van der Waals surface area contributed by atoms with E-state index in [1.54, 1.807) is 6.20 Å². The molecule has 0 saturated heterocycles. The second-order valence-corrected chi connectivity index (χ2v) is 4.18. The van der Waals surface area contributed by atoms with Crippen LogP contribution in [0.4, 0.5) is 0 Å². The van der Waals surface area contributed by atoms with Crippen LogP contribution in [0.15, 0.2) is 24.4 Å². The van der Waals surface area contributed by atoms with Gasteiger partial charge in [0.2, 0.25) is 0 Å². The molecule has 0 fully saturated rings. The van der Waals surface area contributed by atoms with E-state index >= 15 is 0 Å². The zero-order chi connectivity index (χ0) is 12.7. The summed E-state index contributed by atoms with van der Waals surface area (Å²) in [6, 6.07) is 6.10. The lowest BCUT2D eigenvalue weighted by atomic mass is 10.2. The van der Waals surface area contributed by atoms with Crippen LogP contribution in [-0.4, -0.2) is 42.6 Å². The molecule has 1 heterocycles. The predicted octanol–water partition coefficient (Wildman–Crippen LogP) is 1.51. The normalized spacial score (nSPS) is 12.5. The second-order valence-electron chi connectivity index (χ2n) is 4.18. The Balaban J connectivity index is 2.34. The molecule has 0 amide bonds. The van der Waals surface area contributed by atoms with E-state index in [1.165, 1.54) is 7.11 Å². The summed E-state index contributed by atoms with van der Waals surface area (Å²) in [4.78, 5) is 17.6. The second kappa shape index (κ2) is 7.01. The quantitative estimate of drug-likeness (QED) is 0.702. The fourth-order valence-electron chi connectivity index (χ4n) is 1.54. The Kier molecular flexibility index (Phi) is 5.63. The van der Waals surface area contributed by atoms with Crippen molar-refractivity contribution >= 4 is 5.97 Å². The molecule has 0 bridgehead atoms. The Morgan fingerprint density at radius 3 is 2.88 bits per heavy atom. The zero-order valence-electron chi connectivity index (χ0n) is 10.7. The molecule has 0 aliphatic carbocycles. The molecule has 94 valence electrons. The molecule has 1 aromatic rings. The third kappa shape index (κ3) is 4.95. The fraction of sp³-hybridized carbons (Fsp3) is 0.538. The Morgan fingerprint density at radius 1 is 1.53 bits per heavy atom. The Labute approximate surface area is 103 Å². The summed E-state index contributed by atoms with van der Waals surface area (Å²) in [7, 11) is 3.43. The molecule has 17 heavy (non-hydrogen) atoms. The van der Waals surface area contributed by atoms with Gasteiger partial charge in [-0.25, -0.2) is 0 Å². The summed E-state index contributed by atoms with van der Waals surface area (Å²) < 4.78 is 4.66. The molecule has 0 aliphatic rings. The summed E-state index contributed by atoms with van der Waals surface area (Å²) >= 11 is 0. The van der Waals surface area contributed by atoms with Gasteiger partial charge in [-0.2, -0.15) is 0 Å². The van der Waals surface area contributed by atoms with Gasteiger partial charge in [0.1, 0.15) is 0 Å². The van der Waals surface area contributed by atoms with Crippen molar-refractivity contribution < 1.29 is 9.53 Å². The highest BCUT2D eigenvalue weighted by atomic mass is 16.5. The van der Waals surface area contributed by atoms with Crippen molar-refractivity contribution in [2.45, 2.75) is 25.8 Å². The molecular formula is C13H20N2O2. The summed E-state index contributed by atoms with van der Waals surface area (Å²) in [5.41, 5.74) is 1.07. The maximum Gasteiger partial charge on any atom is 0.307 e. The third-order valence-electron chi connectivity index (χ3n) is 2.89. The third-order valence-corrected chi connectivity index (χ3v) is 2.89. The summed E-state index contributed by atoms with van der Waals surface area (Å²) in [5, 5.41) is 0. The lowest BCUT2D eigenvalue weighted by Gasteiger charge is -2.23. The molecule has 0 saturated carbocycles. The number of esters is 1. The Morgan fingerprint density at radius 2 is 2.29 bits per heavy atom. The number of ether oxygens (including phenoxy) is 1. The van der Waals surface area contributed by atoms with Gasteiger partial charge >= 0.3 is 5.97 Å². The van der Waals surface area contributed by atoms with Crippen molar-refractivity contribution in [3.63, 3.8) is 0 Å². The molecule has 1 atom stereocenters. The number of carbonyl (C=O) groups is 1. The van der Waals surface area contributed by atoms with Gasteiger partial charge in [-0.05, 0) is 26.1 Å². The van der Waals surface area contributed by atoms with E-state index in [0.717, 1.165) is 18.7 Å². The number of carbonyl (C=O) groups excluding carboxylic acids is 1. The van der Waals surface area contributed by atoms with Crippen LogP contribution < -0.4 is 0 Å². The van der Waals surface area contributed by atoms with E-state index < -0.39 is 0 Å². The molecule has 4 nitrogen and oxygen atoms in total. The van der Waals surface area contributed by atoms with Crippen molar-refractivity contribution in [3.8, 4) is 0 Å². The lowest BCUT2D eigenvalue weighted by molar-refractivity contribution is -0.141. The van der Waals surface area contributed by atoms with Crippen LogP contribution in [0.25, 0.3) is 0 Å². The van der Waals surface area contributed by atoms with Gasteiger partial charge in [0, 0.05) is 30.9 Å². The summed E-state index contributed by atoms with van der Waals surface area (Å²) in [6.07, 6.45) is 3.12. The predicted molar refractivity (Wildman–Crippen MR) is 66.7 cm³/mol. The molecule has 1 aromatic heterocycles. The van der Waals surface area contributed by atoms with Gasteiger partial charge in [0.15, 0.2) is 0 Å². The number of aromatic nitrogens is 1. The highest BCUT2D eigenvalue weighted by Crippen LogP contribution is 2.04. The van der Waals surface area contributed by atoms with Crippen molar-refractivity contribution in [2.75, 3.05) is 20.7 Å². The maximum absolute atomic E-state index is 11.1. The first-order valence-corrected chi connectivity index (χ1v) is 5.80. The average Bonchev–Trinajstić information content (AvgIpc) is 2.36. The molecule has 0 spiro atoms. The monoisotopic (exact) mass is 236 g/mol. The van der Waals surface area contributed by atoms with Crippen molar-refractivity contribution in [2.24, 2.45) is 0 Å². The average molecular weight is 236 g/mol. The standard InChI is InChI=1S/C13H20N2O2/c1-11(10-13(16)17-3)15(2)9-7-12-6-4-5-8-14-12/h4-6,8,11H,7,9-10H2,1-3H3. The van der Waals surface area contributed by atoms with Crippen LogP contribution >= 0.6 is 0 Å². The number of hydrogen-bond donors (Lipinski definition) is 0. The molecule has 4 heteroatoms. The largest absolute Gasteiger partial charge is 0.469 e. The van der Waals surface area contributed by atoms with E-state index in [0.29, 0.717) is 6.42 Å². The van der Waals surface area contributed by atoms with Crippen LogP contribution in [0, 0.1) is 0 Å². The minimum atomic E-state index is -0.165. The van der Waals surface area contributed by atoms with Crippen LogP contribution in [-0.2, 0) is 16.0 Å². The van der Waals surface area contributed by atoms with Gasteiger partial charge in [-0.15, -0.1) is 0 Å². The minimum Gasteiger partial charge on any atom is -0.469 e. The van der Waals surface area contributed by atoms with Crippen LogP contribution in [0.2, 0.25) is 0 Å². The van der Waals surface area contributed by atoms with E-state index in [2.05, 4.69) is 14.6 Å². The Bertz CT molecular complexity index is 341. The van der Waals surface area contributed by atoms with Crippen LogP contribution in [0.1, 0.15) is 19.0 Å². The van der Waals surface area contributed by atoms with Crippen LogP contribution in [0.5, 0.6) is 0 Å². The maximum atomic E-state index is 11.1. The number of rotatable bonds is 6. The van der Waals surface area contributed by atoms with Crippen LogP contribution in [0.3, 0.4) is 0 Å². The first kappa shape index (κ1) is 13.6. The lowest BCUT2D eigenvalue weighted by Crippen LogP contribution is -2.33.